The van der Waals surface area contributed by atoms with Crippen molar-refractivity contribution in [3.63, 3.8) is 0 Å². The molecule has 5 rings (SSSR count). The fraction of sp³-hybridized carbons (Fsp3) is 0.216. The number of anilines is 2. The number of nitrogens with zero attached hydrogens (tertiary/aromatic N) is 2. The summed E-state index contributed by atoms with van der Waals surface area (Å²) in [6.45, 7) is 8.14. The summed E-state index contributed by atoms with van der Waals surface area (Å²) in [4.78, 5) is 31.0. The van der Waals surface area contributed by atoms with Crippen LogP contribution in [0.3, 0.4) is 0 Å². The predicted molar refractivity (Wildman–Crippen MR) is 184 cm³/mol. The van der Waals surface area contributed by atoms with Gasteiger partial charge in [0.05, 0.1) is 32.7 Å². The van der Waals surface area contributed by atoms with Gasteiger partial charge >= 0.3 is 0 Å². The highest BCUT2D eigenvalue weighted by Crippen LogP contribution is 2.35. The molecule has 46 heavy (non-hydrogen) atoms. The maximum atomic E-state index is 14.1. The predicted octanol–water partition coefficient (Wildman–Crippen LogP) is 7.27. The van der Waals surface area contributed by atoms with Gasteiger partial charge in [0.25, 0.3) is 11.8 Å². The van der Waals surface area contributed by atoms with Gasteiger partial charge in [-0.25, -0.2) is 0 Å². The zero-order valence-electron chi connectivity index (χ0n) is 27.0. The fourth-order valence-corrected chi connectivity index (χ4v) is 5.50. The Morgan fingerprint density at radius 1 is 0.630 bits per heavy atom. The molecule has 4 aromatic rings. The minimum atomic E-state index is -0.511. The Bertz CT molecular complexity index is 1810. The molecule has 0 aliphatic carbocycles. The van der Waals surface area contributed by atoms with Gasteiger partial charge in [-0.3, -0.25) is 19.4 Å². The second-order valence-corrected chi connectivity index (χ2v) is 11.4. The monoisotopic (exact) mass is 636 g/mol. The van der Waals surface area contributed by atoms with Crippen LogP contribution in [-0.2, 0) is 16.2 Å². The van der Waals surface area contributed by atoms with Gasteiger partial charge in [-0.2, -0.15) is 0 Å². The lowest BCUT2D eigenvalue weighted by Crippen LogP contribution is -2.57. The van der Waals surface area contributed by atoms with Gasteiger partial charge in [-0.05, 0) is 128 Å². The van der Waals surface area contributed by atoms with E-state index in [4.69, 9.17) is 31.2 Å². The number of carbonyl (C=O) groups excluding carboxylic acids is 2. The summed E-state index contributed by atoms with van der Waals surface area (Å²) in [6.07, 6.45) is 1.56. The Morgan fingerprint density at radius 2 is 1.20 bits per heavy atom. The maximum absolute atomic E-state index is 14.1. The number of ether oxygens (including phenoxy) is 4. The topological polar surface area (TPSA) is 77.5 Å². The van der Waals surface area contributed by atoms with Crippen molar-refractivity contribution in [2.24, 2.45) is 0 Å². The van der Waals surface area contributed by atoms with Crippen LogP contribution < -0.4 is 28.7 Å². The molecule has 1 aliphatic rings. The van der Waals surface area contributed by atoms with Gasteiger partial charge in [-0.1, -0.05) is 18.2 Å². The molecule has 4 aromatic carbocycles. The van der Waals surface area contributed by atoms with E-state index in [0.29, 0.717) is 39.9 Å². The van der Waals surface area contributed by atoms with Gasteiger partial charge in [0.1, 0.15) is 23.7 Å². The Kier molecular flexibility index (Phi) is 9.44. The lowest BCUT2D eigenvalue weighted by molar-refractivity contribution is -0.120. The lowest BCUT2D eigenvalue weighted by atomic mass is 10.0. The summed E-state index contributed by atoms with van der Waals surface area (Å²) in [5.41, 5.74) is 6.66. The first kappa shape index (κ1) is 32.2. The number of amides is 2. The average molecular weight is 637 g/mol. The molecule has 1 fully saturated rings. The van der Waals surface area contributed by atoms with Crippen molar-refractivity contribution in [1.29, 1.82) is 0 Å². The molecule has 2 amide bonds. The van der Waals surface area contributed by atoms with E-state index in [1.807, 2.05) is 82.3 Å². The number of benzene rings is 4. The summed E-state index contributed by atoms with van der Waals surface area (Å²) in [7, 11) is 4.72. The third-order valence-electron chi connectivity index (χ3n) is 8.12. The van der Waals surface area contributed by atoms with Crippen molar-refractivity contribution < 1.29 is 28.5 Å². The fourth-order valence-electron chi connectivity index (χ4n) is 5.12. The van der Waals surface area contributed by atoms with Gasteiger partial charge < -0.3 is 18.9 Å². The number of thiocarbonyl (C=S) groups is 1. The first-order chi connectivity index (χ1) is 22.1. The Balaban J connectivity index is 1.53. The van der Waals surface area contributed by atoms with Crippen molar-refractivity contribution in [3.05, 3.63) is 112 Å². The quantitative estimate of drug-likeness (QED) is 0.109. The lowest BCUT2D eigenvalue weighted by Gasteiger charge is -2.37. The average Bonchev–Trinajstić information content (AvgIpc) is 3.05. The SMILES string of the molecule is COc1ccc(OC)c(COc2ccc(C=C3C(=O)N(c4ccc(C)c(C)c4)C(=S)N(c4ccc(C)c(C)c4)C3=O)cc2OC)c1. The van der Waals surface area contributed by atoms with E-state index >= 15 is 0 Å². The minimum absolute atomic E-state index is 0.0399. The van der Waals surface area contributed by atoms with E-state index in [2.05, 4.69) is 0 Å². The number of rotatable bonds is 9. The molecule has 8 nitrogen and oxygen atoms in total. The van der Waals surface area contributed by atoms with Gasteiger partial charge in [0.15, 0.2) is 16.6 Å². The molecule has 0 atom stereocenters. The molecule has 0 N–H and O–H groups in total. The first-order valence-electron chi connectivity index (χ1n) is 14.7. The zero-order valence-corrected chi connectivity index (χ0v) is 27.8. The van der Waals surface area contributed by atoms with Gasteiger partial charge in [0, 0.05) is 5.56 Å². The molecule has 1 saturated heterocycles. The third kappa shape index (κ3) is 6.32. The third-order valence-corrected chi connectivity index (χ3v) is 8.48. The van der Waals surface area contributed by atoms with Crippen LogP contribution in [0, 0.1) is 27.7 Å². The normalized spacial score (nSPS) is 13.2. The van der Waals surface area contributed by atoms with Crippen molar-refractivity contribution >= 4 is 46.6 Å². The molecule has 1 aliphatic heterocycles. The van der Waals surface area contributed by atoms with Crippen LogP contribution >= 0.6 is 12.2 Å². The van der Waals surface area contributed by atoms with E-state index in [1.54, 1.807) is 38.5 Å². The van der Waals surface area contributed by atoms with Crippen molar-refractivity contribution in [1.82, 2.24) is 0 Å². The summed E-state index contributed by atoms with van der Waals surface area (Å²) in [5.74, 6) is 1.23. The molecule has 0 unspecified atom stereocenters. The molecule has 0 spiro atoms. The van der Waals surface area contributed by atoms with E-state index in [9.17, 15) is 9.59 Å². The van der Waals surface area contributed by atoms with E-state index in [0.717, 1.165) is 27.8 Å². The van der Waals surface area contributed by atoms with Gasteiger partial charge in [0.2, 0.25) is 0 Å². The van der Waals surface area contributed by atoms with E-state index in [-0.39, 0.29) is 17.3 Å². The number of methoxy groups -OCH3 is 3. The van der Waals surface area contributed by atoms with Crippen LogP contribution in [0.25, 0.3) is 6.08 Å². The van der Waals surface area contributed by atoms with Crippen LogP contribution in [0.1, 0.15) is 33.4 Å². The molecular formula is C37H36N2O6S. The summed E-state index contributed by atoms with van der Waals surface area (Å²) in [5, 5.41) is 0.0907. The van der Waals surface area contributed by atoms with Crippen LogP contribution in [0.15, 0.2) is 78.4 Å². The summed E-state index contributed by atoms with van der Waals surface area (Å²) < 4.78 is 22.6. The highest BCUT2D eigenvalue weighted by molar-refractivity contribution is 7.81. The maximum Gasteiger partial charge on any atom is 0.270 e. The Hall–Kier alpha value is -5.15. The second-order valence-electron chi connectivity index (χ2n) is 11.0. The largest absolute Gasteiger partial charge is 0.497 e. The minimum Gasteiger partial charge on any atom is -0.497 e. The van der Waals surface area contributed by atoms with Crippen molar-refractivity contribution in [2.75, 3.05) is 31.1 Å². The number of hydrogen-bond acceptors (Lipinski definition) is 7. The Labute approximate surface area is 274 Å². The molecule has 1 heterocycles. The number of aryl methyl sites for hydroxylation is 4. The van der Waals surface area contributed by atoms with E-state index in [1.165, 1.54) is 16.9 Å². The first-order valence-corrected chi connectivity index (χ1v) is 15.1. The Morgan fingerprint density at radius 3 is 1.72 bits per heavy atom. The molecule has 236 valence electrons. The van der Waals surface area contributed by atoms with Crippen molar-refractivity contribution in [3.8, 4) is 23.0 Å². The van der Waals surface area contributed by atoms with Crippen LogP contribution in [0.4, 0.5) is 11.4 Å². The number of carbonyl (C=O) groups is 2. The highest BCUT2D eigenvalue weighted by Gasteiger charge is 2.41. The molecule has 0 bridgehead atoms. The second kappa shape index (κ2) is 13.5. The van der Waals surface area contributed by atoms with Crippen LogP contribution in [0.2, 0.25) is 0 Å². The number of hydrogen-bond donors (Lipinski definition) is 0. The van der Waals surface area contributed by atoms with Gasteiger partial charge in [-0.15, -0.1) is 0 Å². The zero-order chi connectivity index (χ0) is 33.1. The molecule has 0 radical (unpaired) electrons. The highest BCUT2D eigenvalue weighted by atomic mass is 32.1. The summed E-state index contributed by atoms with van der Waals surface area (Å²) in [6, 6.07) is 22.0. The molecular weight excluding hydrogens is 600 g/mol. The molecule has 0 aromatic heterocycles. The van der Waals surface area contributed by atoms with Crippen LogP contribution in [0.5, 0.6) is 23.0 Å². The molecule has 0 saturated carbocycles. The molecule has 9 heteroatoms. The van der Waals surface area contributed by atoms with Crippen LogP contribution in [-0.4, -0.2) is 38.3 Å². The summed E-state index contributed by atoms with van der Waals surface area (Å²) >= 11 is 5.83. The standard InChI is InChI=1S/C37H36N2O6S/c1-22-8-11-28(16-24(22)3)38-35(40)31(36(41)39(37(38)46)29-12-9-23(2)25(4)17-29)18-26-10-14-33(34(19-26)44-7)45-21-27-20-30(42-5)13-15-32(27)43-6/h8-20H,21H2,1-7H3. The van der Waals surface area contributed by atoms with E-state index < -0.39 is 11.8 Å². The van der Waals surface area contributed by atoms with Crippen molar-refractivity contribution in [2.45, 2.75) is 34.3 Å². The smallest absolute Gasteiger partial charge is 0.270 e.